The van der Waals surface area contributed by atoms with Crippen molar-refractivity contribution in [1.82, 2.24) is 0 Å². The summed E-state index contributed by atoms with van der Waals surface area (Å²) < 4.78 is 21.4. The summed E-state index contributed by atoms with van der Waals surface area (Å²) in [4.78, 5) is 52.3. The highest BCUT2D eigenvalue weighted by molar-refractivity contribution is 6.47. The van der Waals surface area contributed by atoms with Crippen molar-refractivity contribution in [2.75, 3.05) is 13.2 Å². The highest BCUT2D eigenvalue weighted by atomic mass is 35.5. The van der Waals surface area contributed by atoms with Gasteiger partial charge in [0.1, 0.15) is 11.1 Å². The van der Waals surface area contributed by atoms with Gasteiger partial charge in [-0.15, -0.1) is 0 Å². The van der Waals surface area contributed by atoms with Gasteiger partial charge in [0.25, 0.3) is 0 Å². The van der Waals surface area contributed by atoms with Crippen LogP contribution in [0.2, 0.25) is 30.1 Å². The van der Waals surface area contributed by atoms with Crippen LogP contribution < -0.4 is 9.47 Å². The summed E-state index contributed by atoms with van der Waals surface area (Å²) >= 11 is 37.4. The average Bonchev–Trinajstić information content (AvgIpc) is 2.92. The van der Waals surface area contributed by atoms with E-state index in [9.17, 15) is 19.2 Å². The molecule has 0 saturated heterocycles. The smallest absolute Gasteiger partial charge is 0.423 e. The molecule has 2 aliphatic rings. The van der Waals surface area contributed by atoms with Gasteiger partial charge in [-0.1, -0.05) is 97.3 Å². The summed E-state index contributed by atoms with van der Waals surface area (Å²) in [6.07, 6.45) is 3.82. The van der Waals surface area contributed by atoms with Crippen LogP contribution in [0.25, 0.3) is 0 Å². The van der Waals surface area contributed by atoms with Crippen LogP contribution in [-0.2, 0) is 19.1 Å². The number of hydrogen-bond acceptors (Lipinski definition) is 8. The first kappa shape index (κ1) is 36.9. The predicted octanol–water partition coefficient (Wildman–Crippen LogP) is 9.80. The van der Waals surface area contributed by atoms with Crippen molar-refractivity contribution in [3.05, 3.63) is 53.4 Å². The van der Waals surface area contributed by atoms with Gasteiger partial charge >= 0.3 is 23.9 Å². The Morgan fingerprint density at radius 1 is 0.609 bits per heavy atom. The number of benzene rings is 2. The molecule has 0 spiro atoms. The van der Waals surface area contributed by atoms with Crippen LogP contribution in [-0.4, -0.2) is 37.1 Å². The molecule has 8 nitrogen and oxygen atoms in total. The fraction of sp³-hybridized carbons (Fsp3) is 0.500. The lowest BCUT2D eigenvalue weighted by Gasteiger charge is -2.39. The number of carbonyl (C=O) groups is 4. The third kappa shape index (κ3) is 8.01. The molecule has 46 heavy (non-hydrogen) atoms. The third-order valence-corrected chi connectivity index (χ3v) is 10.9. The minimum Gasteiger partial charge on any atom is -0.462 e. The molecule has 0 aromatic heterocycles. The molecule has 0 aliphatic heterocycles. The van der Waals surface area contributed by atoms with Crippen molar-refractivity contribution < 1.29 is 38.1 Å². The van der Waals surface area contributed by atoms with Crippen LogP contribution in [0.15, 0.2) is 12.1 Å². The Balaban J connectivity index is 1.52. The lowest BCUT2D eigenvalue weighted by molar-refractivity contribution is -0.156. The van der Waals surface area contributed by atoms with Gasteiger partial charge in [0.2, 0.25) is 0 Å². The van der Waals surface area contributed by atoms with Gasteiger partial charge in [-0.3, -0.25) is 0 Å². The van der Waals surface area contributed by atoms with Gasteiger partial charge in [0, 0.05) is 0 Å². The minimum atomic E-state index is -1.64. The van der Waals surface area contributed by atoms with Crippen molar-refractivity contribution in [3.63, 3.8) is 0 Å². The van der Waals surface area contributed by atoms with Gasteiger partial charge in [-0.25, -0.2) is 19.2 Å². The second-order valence-electron chi connectivity index (χ2n) is 12.2. The van der Waals surface area contributed by atoms with E-state index in [-0.39, 0.29) is 55.2 Å². The van der Waals surface area contributed by atoms with E-state index in [1.807, 2.05) is 0 Å². The zero-order chi connectivity index (χ0) is 34.0. The maximum atomic E-state index is 13.2. The van der Waals surface area contributed by atoms with Crippen LogP contribution in [0.3, 0.4) is 0 Å². The first-order valence-electron chi connectivity index (χ1n) is 14.7. The summed E-state index contributed by atoms with van der Waals surface area (Å²) in [6, 6.07) is 2.26. The van der Waals surface area contributed by atoms with E-state index in [2.05, 4.69) is 27.7 Å². The van der Waals surface area contributed by atoms with Crippen LogP contribution in [0.5, 0.6) is 11.5 Å². The van der Waals surface area contributed by atoms with Gasteiger partial charge in [0.15, 0.2) is 11.5 Å². The maximum Gasteiger partial charge on any atom is 0.423 e. The largest absolute Gasteiger partial charge is 0.462 e. The molecule has 2 aliphatic carbocycles. The molecule has 2 aromatic rings. The summed E-state index contributed by atoms with van der Waals surface area (Å²) in [5, 5.41) is -1.44. The van der Waals surface area contributed by atoms with Gasteiger partial charge in [0.05, 0.1) is 43.3 Å². The topological polar surface area (TPSA) is 105 Å². The first-order chi connectivity index (χ1) is 21.6. The lowest BCUT2D eigenvalue weighted by atomic mass is 9.68. The van der Waals surface area contributed by atoms with Crippen LogP contribution in [0.1, 0.15) is 74.1 Å². The Labute approximate surface area is 297 Å². The normalized spacial score (nSPS) is 20.5. The molecular weight excluding hydrogens is 725 g/mol. The highest BCUT2D eigenvalue weighted by Crippen LogP contribution is 2.44. The molecule has 250 valence electrons. The number of carbonyl (C=O) groups excluding carboxylic acids is 4. The molecule has 14 heteroatoms. The SMILES string of the molecule is CC(C)C1CCC1COC(=O)c1c(Cl)c(Cl)cc(Cl)c1OC(=O)C(=O)Oc1c(Cl)cc(Cl)c(Cl)c1C(=O)OCC1CCC1C(C)C. The fourth-order valence-electron chi connectivity index (χ4n) is 5.86. The molecule has 0 bridgehead atoms. The van der Waals surface area contributed by atoms with Crippen molar-refractivity contribution in [3.8, 4) is 11.5 Å². The maximum absolute atomic E-state index is 13.2. The second-order valence-corrected chi connectivity index (χ2v) is 14.6. The van der Waals surface area contributed by atoms with Crippen molar-refractivity contribution >= 4 is 93.5 Å². The van der Waals surface area contributed by atoms with E-state index in [0.717, 1.165) is 37.8 Å². The van der Waals surface area contributed by atoms with Crippen molar-refractivity contribution in [1.29, 1.82) is 0 Å². The van der Waals surface area contributed by atoms with Crippen LogP contribution in [0.4, 0.5) is 0 Å². The van der Waals surface area contributed by atoms with Gasteiger partial charge in [-0.2, -0.15) is 0 Å². The number of rotatable bonds is 10. The Bertz CT molecular complexity index is 1430. The lowest BCUT2D eigenvalue weighted by Crippen LogP contribution is -2.34. The molecule has 2 fully saturated rings. The summed E-state index contributed by atoms with van der Waals surface area (Å²) in [7, 11) is 0. The molecule has 4 unspecified atom stereocenters. The summed E-state index contributed by atoms with van der Waals surface area (Å²) in [5.41, 5.74) is -0.901. The number of esters is 4. The number of ether oxygens (including phenoxy) is 4. The average molecular weight is 757 g/mol. The zero-order valence-corrected chi connectivity index (χ0v) is 29.9. The fourth-order valence-corrected chi connectivity index (χ4v) is 7.30. The first-order valence-corrected chi connectivity index (χ1v) is 17.0. The quantitative estimate of drug-likeness (QED) is 0.102. The highest BCUT2D eigenvalue weighted by Gasteiger charge is 2.37. The van der Waals surface area contributed by atoms with E-state index < -0.39 is 46.5 Å². The van der Waals surface area contributed by atoms with Crippen molar-refractivity contribution in [2.45, 2.75) is 53.4 Å². The Morgan fingerprint density at radius 3 is 1.24 bits per heavy atom. The summed E-state index contributed by atoms with van der Waals surface area (Å²) in [6.45, 7) is 8.58. The van der Waals surface area contributed by atoms with E-state index in [1.54, 1.807) is 0 Å². The van der Waals surface area contributed by atoms with Gasteiger partial charge < -0.3 is 18.9 Å². The monoisotopic (exact) mass is 754 g/mol. The van der Waals surface area contributed by atoms with E-state index in [0.29, 0.717) is 23.7 Å². The third-order valence-electron chi connectivity index (χ3n) is 8.74. The molecule has 4 atom stereocenters. The molecule has 2 saturated carbocycles. The minimum absolute atomic E-state index is 0.102. The molecule has 4 rings (SSSR count). The Morgan fingerprint density at radius 2 is 0.957 bits per heavy atom. The van der Waals surface area contributed by atoms with E-state index >= 15 is 0 Å². The van der Waals surface area contributed by atoms with Crippen LogP contribution in [0, 0.1) is 35.5 Å². The van der Waals surface area contributed by atoms with E-state index in [1.165, 1.54) is 0 Å². The number of halogens is 6. The predicted molar refractivity (Wildman–Crippen MR) is 177 cm³/mol. The Kier molecular flexibility index (Phi) is 12.4. The Hall–Kier alpha value is -1.94. The number of hydrogen-bond donors (Lipinski definition) is 0. The van der Waals surface area contributed by atoms with Crippen LogP contribution >= 0.6 is 69.6 Å². The van der Waals surface area contributed by atoms with Gasteiger partial charge in [-0.05, 0) is 73.3 Å². The molecule has 0 N–H and O–H groups in total. The standard InChI is InChI=1S/C32H32Cl6O8/c1-13(2)17-7-5-15(17)11-43-29(39)23-25(37)19(33)9-21(35)27(23)45-31(41)32(42)46-28-22(36)10-20(34)26(38)24(28)30(40)44-12-16-6-8-18(16)14(3)4/h9-10,13-18H,5-8,11-12H2,1-4H3. The molecule has 0 radical (unpaired) electrons. The zero-order valence-electron chi connectivity index (χ0n) is 25.4. The van der Waals surface area contributed by atoms with Crippen molar-refractivity contribution in [2.24, 2.45) is 35.5 Å². The second kappa shape index (κ2) is 15.5. The molecule has 2 aromatic carbocycles. The summed E-state index contributed by atoms with van der Waals surface area (Å²) in [5.74, 6) is -4.41. The molecular formula is C32H32Cl6O8. The molecule has 0 heterocycles. The molecule has 0 amide bonds. The van der Waals surface area contributed by atoms with E-state index in [4.69, 9.17) is 88.6 Å².